The lowest BCUT2D eigenvalue weighted by atomic mass is 10.1. The summed E-state index contributed by atoms with van der Waals surface area (Å²) in [6.45, 7) is 3.12. The number of nitrogens with zero attached hydrogens (tertiary/aromatic N) is 3. The summed E-state index contributed by atoms with van der Waals surface area (Å²) in [7, 11) is -3.62. The van der Waals surface area contributed by atoms with Gasteiger partial charge in [-0.2, -0.15) is 9.40 Å². The van der Waals surface area contributed by atoms with Crippen molar-refractivity contribution in [2.45, 2.75) is 11.8 Å². The number of carbonyl (C=O) groups excluding carboxylic acids is 1. The maximum Gasteiger partial charge on any atom is 0.275 e. The highest BCUT2D eigenvalue weighted by atomic mass is 32.2. The Morgan fingerprint density at radius 3 is 2.45 bits per heavy atom. The predicted molar refractivity (Wildman–Crippen MR) is 119 cm³/mol. The van der Waals surface area contributed by atoms with Gasteiger partial charge in [0.2, 0.25) is 10.0 Å². The van der Waals surface area contributed by atoms with Gasteiger partial charge in [0.15, 0.2) is 5.69 Å². The van der Waals surface area contributed by atoms with Crippen LogP contribution in [0.25, 0.3) is 21.7 Å². The molecule has 1 aromatic heterocycles. The molecule has 158 valence electrons. The van der Waals surface area contributed by atoms with Crippen molar-refractivity contribution in [1.29, 1.82) is 0 Å². The number of aryl methyl sites for hydroxylation is 1. The van der Waals surface area contributed by atoms with Gasteiger partial charge in [0.05, 0.1) is 10.4 Å². The Balaban J connectivity index is 1.34. The Morgan fingerprint density at radius 2 is 1.68 bits per heavy atom. The summed E-state index contributed by atoms with van der Waals surface area (Å²) in [4.78, 5) is 15.0. The van der Waals surface area contributed by atoms with E-state index in [0.29, 0.717) is 18.8 Å². The number of amides is 1. The zero-order valence-corrected chi connectivity index (χ0v) is 17.9. The van der Waals surface area contributed by atoms with E-state index >= 15 is 0 Å². The molecule has 0 bridgehead atoms. The van der Waals surface area contributed by atoms with Crippen molar-refractivity contribution < 1.29 is 13.2 Å². The topological polar surface area (TPSA) is 86.4 Å². The van der Waals surface area contributed by atoms with Crippen LogP contribution in [0.1, 0.15) is 16.1 Å². The number of rotatable bonds is 3. The third-order valence-electron chi connectivity index (χ3n) is 5.81. The lowest BCUT2D eigenvalue weighted by Gasteiger charge is -2.33. The summed E-state index contributed by atoms with van der Waals surface area (Å²) in [5.74, 6) is -0.181. The van der Waals surface area contributed by atoms with Crippen molar-refractivity contribution in [3.8, 4) is 0 Å². The molecule has 0 saturated carbocycles. The summed E-state index contributed by atoms with van der Waals surface area (Å²) in [5.41, 5.74) is 2.24. The Morgan fingerprint density at radius 1 is 0.935 bits per heavy atom. The fourth-order valence-electron chi connectivity index (χ4n) is 4.05. The number of nitrogens with one attached hydrogen (secondary N) is 1. The average Bonchev–Trinajstić information content (AvgIpc) is 3.21. The summed E-state index contributed by atoms with van der Waals surface area (Å²) in [6.07, 6.45) is 0. The first-order valence-electron chi connectivity index (χ1n) is 10.2. The van der Waals surface area contributed by atoms with Crippen molar-refractivity contribution >= 4 is 37.6 Å². The Kier molecular flexibility index (Phi) is 4.75. The third-order valence-corrected chi connectivity index (χ3v) is 7.70. The van der Waals surface area contributed by atoms with E-state index in [2.05, 4.69) is 10.2 Å². The molecule has 0 radical (unpaired) electrons. The number of hydrogen-bond acceptors (Lipinski definition) is 4. The number of benzene rings is 3. The molecule has 5 rings (SSSR count). The molecule has 1 aliphatic rings. The Hall–Kier alpha value is -3.23. The van der Waals surface area contributed by atoms with Crippen LogP contribution in [-0.2, 0) is 10.0 Å². The van der Waals surface area contributed by atoms with E-state index in [-0.39, 0.29) is 23.9 Å². The van der Waals surface area contributed by atoms with Gasteiger partial charge in [0, 0.05) is 31.6 Å². The number of sulfonamides is 1. The lowest BCUT2D eigenvalue weighted by Crippen LogP contribution is -2.50. The molecule has 1 fully saturated rings. The molecule has 31 heavy (non-hydrogen) atoms. The number of carbonyl (C=O) groups is 1. The van der Waals surface area contributed by atoms with Crippen molar-refractivity contribution in [2.75, 3.05) is 26.2 Å². The minimum atomic E-state index is -3.62. The van der Waals surface area contributed by atoms with Gasteiger partial charge in [0.1, 0.15) is 0 Å². The fourth-order valence-corrected chi connectivity index (χ4v) is 5.51. The van der Waals surface area contributed by atoms with Crippen LogP contribution in [0.3, 0.4) is 0 Å². The van der Waals surface area contributed by atoms with E-state index < -0.39 is 10.0 Å². The minimum Gasteiger partial charge on any atom is -0.335 e. The molecule has 8 heteroatoms. The van der Waals surface area contributed by atoms with E-state index in [4.69, 9.17) is 0 Å². The van der Waals surface area contributed by atoms with Crippen molar-refractivity contribution in [2.24, 2.45) is 0 Å². The largest absolute Gasteiger partial charge is 0.335 e. The van der Waals surface area contributed by atoms with Crippen LogP contribution < -0.4 is 0 Å². The maximum absolute atomic E-state index is 13.2. The van der Waals surface area contributed by atoms with E-state index in [1.165, 1.54) is 4.31 Å². The standard InChI is InChI=1S/C23H22N4O3S/c1-16-6-9-21-20(14-16)22(25-24-21)23(28)26-10-12-27(13-11-26)31(29,30)19-8-7-17-4-2-3-5-18(17)15-19/h2-9,14-15H,10-13H2,1H3,(H,24,25). The quantitative estimate of drug-likeness (QED) is 0.537. The van der Waals surface area contributed by atoms with Gasteiger partial charge in [0.25, 0.3) is 5.91 Å². The summed E-state index contributed by atoms with van der Waals surface area (Å²) < 4.78 is 27.8. The first-order chi connectivity index (χ1) is 14.9. The number of fused-ring (bicyclic) bond motifs is 2. The van der Waals surface area contributed by atoms with Crippen LogP contribution in [0.4, 0.5) is 0 Å². The molecule has 0 aliphatic carbocycles. The molecule has 3 aromatic carbocycles. The smallest absolute Gasteiger partial charge is 0.275 e. The number of aromatic nitrogens is 2. The molecule has 1 amide bonds. The van der Waals surface area contributed by atoms with Crippen molar-refractivity contribution in [3.05, 3.63) is 71.9 Å². The fraction of sp³-hybridized carbons (Fsp3) is 0.217. The lowest BCUT2D eigenvalue weighted by molar-refractivity contribution is 0.0694. The van der Waals surface area contributed by atoms with Gasteiger partial charge >= 0.3 is 0 Å². The average molecular weight is 435 g/mol. The summed E-state index contributed by atoms with van der Waals surface area (Å²) >= 11 is 0. The van der Waals surface area contributed by atoms with Crippen LogP contribution in [-0.4, -0.2) is 59.9 Å². The highest BCUT2D eigenvalue weighted by Gasteiger charge is 2.31. The van der Waals surface area contributed by atoms with E-state index in [1.54, 1.807) is 17.0 Å². The zero-order valence-electron chi connectivity index (χ0n) is 17.1. The van der Waals surface area contributed by atoms with Gasteiger partial charge in [-0.3, -0.25) is 9.89 Å². The van der Waals surface area contributed by atoms with Gasteiger partial charge in [-0.25, -0.2) is 8.42 Å². The van der Waals surface area contributed by atoms with Crippen LogP contribution in [0, 0.1) is 6.92 Å². The van der Waals surface area contributed by atoms with Gasteiger partial charge in [-0.1, -0.05) is 42.0 Å². The minimum absolute atomic E-state index is 0.181. The Labute approximate surface area is 180 Å². The first kappa shape index (κ1) is 19.7. The highest BCUT2D eigenvalue weighted by Crippen LogP contribution is 2.24. The SMILES string of the molecule is Cc1ccc2[nH]nc(C(=O)N3CCN(S(=O)(=O)c4ccc5ccccc5c4)CC3)c2c1. The number of H-pyrrole nitrogens is 1. The number of aromatic amines is 1. The molecule has 2 heterocycles. The molecule has 7 nitrogen and oxygen atoms in total. The molecular formula is C23H22N4O3S. The zero-order chi connectivity index (χ0) is 21.6. The van der Waals surface area contributed by atoms with E-state index in [9.17, 15) is 13.2 Å². The van der Waals surface area contributed by atoms with Gasteiger partial charge in [-0.15, -0.1) is 0 Å². The predicted octanol–water partition coefficient (Wildman–Crippen LogP) is 3.17. The molecular weight excluding hydrogens is 412 g/mol. The second-order valence-electron chi connectivity index (χ2n) is 7.83. The van der Waals surface area contributed by atoms with Crippen LogP contribution in [0.5, 0.6) is 0 Å². The maximum atomic E-state index is 13.2. The van der Waals surface area contributed by atoms with E-state index in [0.717, 1.165) is 27.2 Å². The second-order valence-corrected chi connectivity index (χ2v) is 9.76. The monoisotopic (exact) mass is 434 g/mol. The van der Waals surface area contributed by atoms with E-state index in [1.807, 2.05) is 55.5 Å². The highest BCUT2D eigenvalue weighted by molar-refractivity contribution is 7.89. The molecule has 4 aromatic rings. The first-order valence-corrected chi connectivity index (χ1v) is 11.6. The molecule has 1 N–H and O–H groups in total. The molecule has 1 aliphatic heterocycles. The van der Waals surface area contributed by atoms with Crippen LogP contribution in [0.15, 0.2) is 65.6 Å². The third kappa shape index (κ3) is 3.47. The van der Waals surface area contributed by atoms with Crippen molar-refractivity contribution in [3.63, 3.8) is 0 Å². The normalized spacial score (nSPS) is 15.6. The summed E-state index contributed by atoms with van der Waals surface area (Å²) in [5, 5.41) is 9.78. The molecule has 0 atom stereocenters. The Bertz CT molecular complexity index is 1400. The van der Waals surface area contributed by atoms with Crippen molar-refractivity contribution in [1.82, 2.24) is 19.4 Å². The molecule has 0 spiro atoms. The van der Waals surface area contributed by atoms with Crippen LogP contribution >= 0.6 is 0 Å². The van der Waals surface area contributed by atoms with Gasteiger partial charge < -0.3 is 4.90 Å². The molecule has 1 saturated heterocycles. The second kappa shape index (κ2) is 7.47. The molecule has 0 unspecified atom stereocenters. The summed E-state index contributed by atoms with van der Waals surface area (Å²) in [6, 6.07) is 18.7. The van der Waals surface area contributed by atoms with Gasteiger partial charge in [-0.05, 0) is 42.0 Å². The number of hydrogen-bond donors (Lipinski definition) is 1. The number of piperazine rings is 1. The van der Waals surface area contributed by atoms with Crippen LogP contribution in [0.2, 0.25) is 0 Å².